The van der Waals surface area contributed by atoms with Crippen molar-refractivity contribution in [3.8, 4) is 17.2 Å². The predicted molar refractivity (Wildman–Crippen MR) is 261 cm³/mol. The number of guanidine groups is 1. The van der Waals surface area contributed by atoms with E-state index in [9.17, 15) is 73.5 Å². The zero-order valence-corrected chi connectivity index (χ0v) is 41.5. The zero-order chi connectivity index (χ0) is 55.6. The highest BCUT2D eigenvalue weighted by atomic mass is 16.7. The summed E-state index contributed by atoms with van der Waals surface area (Å²) in [6.45, 7) is -1.16. The summed E-state index contributed by atoms with van der Waals surface area (Å²) in [7, 11) is 1.27. The number of methoxy groups -OCH3 is 1. The van der Waals surface area contributed by atoms with Crippen molar-refractivity contribution in [1.29, 1.82) is 0 Å². The summed E-state index contributed by atoms with van der Waals surface area (Å²) in [4.78, 5) is 133. The van der Waals surface area contributed by atoms with Gasteiger partial charge in [-0.25, -0.2) is 0 Å². The predicted octanol–water partition coefficient (Wildman–Crippen LogP) is -3.47. The lowest BCUT2D eigenvalue weighted by molar-refractivity contribution is -0.249. The first-order chi connectivity index (χ1) is 36.1. The van der Waals surface area contributed by atoms with Gasteiger partial charge in [-0.3, -0.25) is 57.8 Å². The molecular formula is C49H61N9O18. The van der Waals surface area contributed by atoms with Crippen LogP contribution in [0.5, 0.6) is 17.2 Å². The number of aliphatic imine (C=N–C) groups is 1. The molecule has 410 valence electrons. The second-order valence-corrected chi connectivity index (χ2v) is 18.5. The number of phenols is 2. The van der Waals surface area contributed by atoms with E-state index in [1.165, 1.54) is 44.4 Å². The van der Waals surface area contributed by atoms with Gasteiger partial charge in [-0.2, -0.15) is 0 Å². The molecule has 14 N–H and O–H groups in total. The van der Waals surface area contributed by atoms with Crippen LogP contribution in [0.3, 0.4) is 0 Å². The Morgan fingerprint density at radius 3 is 2.16 bits per heavy atom. The molecule has 2 aliphatic heterocycles. The number of amides is 7. The quantitative estimate of drug-likeness (QED) is 0.0136. The van der Waals surface area contributed by atoms with Gasteiger partial charge in [0.2, 0.25) is 35.3 Å². The minimum atomic E-state index is -2.46. The first kappa shape index (κ1) is 57.4. The number of nitrogens with zero attached hydrogens (tertiary/aromatic N) is 2. The molecule has 4 aliphatic rings. The monoisotopic (exact) mass is 1060 g/mol. The van der Waals surface area contributed by atoms with Crippen LogP contribution in [0, 0.1) is 0 Å². The maximum atomic E-state index is 14.1. The number of hydrogen-bond acceptors (Lipinski definition) is 19. The largest absolute Gasteiger partial charge is 0.507 e. The van der Waals surface area contributed by atoms with Gasteiger partial charge < -0.3 is 77.8 Å². The Kier molecular flexibility index (Phi) is 19.0. The Labute approximate surface area is 433 Å². The number of nitrogens with one attached hydrogen (secondary N) is 5. The zero-order valence-electron chi connectivity index (χ0n) is 41.5. The molecule has 7 amide bonds. The first-order valence-electron chi connectivity index (χ1n) is 24.3. The Bertz CT molecular complexity index is 2710. The van der Waals surface area contributed by atoms with Crippen LogP contribution in [0.25, 0.3) is 0 Å². The van der Waals surface area contributed by atoms with Crippen molar-refractivity contribution < 1.29 is 87.7 Å². The van der Waals surface area contributed by atoms with Crippen molar-refractivity contribution in [2.45, 2.75) is 107 Å². The van der Waals surface area contributed by atoms with Gasteiger partial charge in [-0.15, -0.1) is 0 Å². The number of benzene rings is 2. The number of hydrogen-bond donors (Lipinski definition) is 12. The van der Waals surface area contributed by atoms with E-state index in [-0.39, 0.29) is 72.7 Å². The summed E-state index contributed by atoms with van der Waals surface area (Å²) in [5.41, 5.74) is 6.26. The van der Waals surface area contributed by atoms with Crippen LogP contribution < -0.4 is 42.8 Å². The average molecular weight is 1060 g/mol. The molecule has 1 fully saturated rings. The number of ether oxygens (including phenoxy) is 3. The molecule has 0 saturated carbocycles. The van der Waals surface area contributed by atoms with Crippen LogP contribution in [0.4, 0.5) is 0 Å². The molecule has 0 spiro atoms. The number of imide groups is 1. The van der Waals surface area contributed by atoms with Crippen LogP contribution >= 0.6 is 0 Å². The van der Waals surface area contributed by atoms with E-state index in [1.54, 1.807) is 0 Å². The number of rotatable bonds is 24. The minimum absolute atomic E-state index is 0.00146. The van der Waals surface area contributed by atoms with Crippen LogP contribution in [-0.2, 0) is 54.3 Å². The van der Waals surface area contributed by atoms with E-state index < -0.39 is 163 Å². The molecule has 2 aliphatic carbocycles. The summed E-state index contributed by atoms with van der Waals surface area (Å²) < 4.78 is 17.5. The van der Waals surface area contributed by atoms with Gasteiger partial charge in [-0.1, -0.05) is 18.6 Å². The molecule has 27 nitrogen and oxygen atoms in total. The number of ketones is 3. The fourth-order valence-corrected chi connectivity index (χ4v) is 9.29. The second-order valence-electron chi connectivity index (χ2n) is 18.5. The van der Waals surface area contributed by atoms with E-state index in [1.807, 2.05) is 0 Å². The van der Waals surface area contributed by atoms with Crippen LogP contribution in [0.2, 0.25) is 0 Å². The molecule has 0 bridgehead atoms. The fourth-order valence-electron chi connectivity index (χ4n) is 9.29. The van der Waals surface area contributed by atoms with E-state index in [2.05, 4.69) is 31.6 Å². The number of Topliss-reactive ketones (excluding diaryl/α,β-unsaturated/α-hetero) is 1. The maximum Gasteiger partial charge on any atom is 0.253 e. The number of aliphatic hydroxyl groups excluding tert-OH is 2. The molecule has 2 aromatic rings. The summed E-state index contributed by atoms with van der Waals surface area (Å²) in [5, 5.41) is 68.6. The highest BCUT2D eigenvalue weighted by Gasteiger charge is 2.50. The first-order valence-corrected chi connectivity index (χ1v) is 24.3. The van der Waals surface area contributed by atoms with Crippen LogP contribution in [-0.4, -0.2) is 178 Å². The van der Waals surface area contributed by atoms with Crippen molar-refractivity contribution in [2.75, 3.05) is 46.4 Å². The number of aromatic hydroxyl groups is 2. The number of phenolic OH excluding ortho intramolecular Hbond substituents is 2. The molecule has 2 aromatic carbocycles. The molecule has 0 radical (unpaired) electrons. The highest BCUT2D eigenvalue weighted by molar-refractivity contribution is 6.31. The summed E-state index contributed by atoms with van der Waals surface area (Å²) >= 11 is 0. The van der Waals surface area contributed by atoms with E-state index in [4.69, 9.17) is 25.7 Å². The number of fused-ring (bicyclic) bond motifs is 3. The summed E-state index contributed by atoms with van der Waals surface area (Å²) in [6.07, 6.45) is -3.36. The molecule has 1 saturated heterocycles. The molecule has 76 heavy (non-hydrogen) atoms. The van der Waals surface area contributed by atoms with Gasteiger partial charge in [0.1, 0.15) is 41.6 Å². The molecular weight excluding hydrogens is 1000 g/mol. The van der Waals surface area contributed by atoms with Crippen LogP contribution in [0.1, 0.15) is 107 Å². The molecule has 27 heteroatoms. The van der Waals surface area contributed by atoms with Gasteiger partial charge in [-0.05, 0) is 38.7 Å². The Morgan fingerprint density at radius 1 is 0.868 bits per heavy atom. The molecule has 6 rings (SSSR count). The van der Waals surface area contributed by atoms with E-state index >= 15 is 0 Å². The van der Waals surface area contributed by atoms with Gasteiger partial charge in [0.15, 0.2) is 23.8 Å². The third-order valence-corrected chi connectivity index (χ3v) is 13.2. The third-order valence-electron chi connectivity index (χ3n) is 13.2. The number of nitrogens with two attached hydrogens (primary N) is 2. The van der Waals surface area contributed by atoms with Crippen molar-refractivity contribution in [1.82, 2.24) is 31.5 Å². The number of carbonyl (C=O) groups is 10. The van der Waals surface area contributed by atoms with Crippen molar-refractivity contribution in [3.63, 3.8) is 0 Å². The molecule has 7 atom stereocenters. The third kappa shape index (κ3) is 13.3. The van der Waals surface area contributed by atoms with Crippen LogP contribution in [0.15, 0.2) is 35.3 Å². The van der Waals surface area contributed by atoms with Crippen molar-refractivity contribution in [2.24, 2.45) is 16.5 Å². The number of carbonyl (C=O) groups excluding carboxylic acids is 10. The number of unbranched alkanes of at least 4 members (excludes halogenated alkanes) is 2. The maximum absolute atomic E-state index is 14.1. The summed E-state index contributed by atoms with van der Waals surface area (Å²) in [6, 6.07) is 1.65. The van der Waals surface area contributed by atoms with E-state index in [0.29, 0.717) is 19.3 Å². The Balaban J connectivity index is 1.07. The lowest BCUT2D eigenvalue weighted by Crippen LogP contribution is -2.59. The standard InChI is InChI=1S/C49H61N9O18/c1-23-42(67)27(16-37(75-23)76-29-18-49(73,30(60)22-59)17-25-39(29)46(71)41-40(44(25)69)43(68)24-8-6-10-28(74-2)38(24)45(41)70)57-47(72)26(9-7-14-52-48(50)51)56-34(64)21-55-33(63)20-54-32(62)19-53-31(61)11-4-3-5-15-58-35(65)12-13-36(58)66/h6,8,10,12-13,23,26-27,29,37,42,59,67,69,71,73H,3-5,7,9,11,14-22H2,1-2H3,(H,53,61)(H,54,62)(H,55,63)(H,56,64)(H,57,72)(H4,50,51,52)/t23-,26-,27-,29-,37-,42+,49-/m0/s1. The second kappa shape index (κ2) is 25.1. The SMILES string of the molecule is COc1cccc2c1C(=O)c1c(O)c3c(c(O)c1C2=O)C[C@@](O)(C(=O)CO)C[C@@H]3O[C@H]1C[C@H](NC(=O)[C@H](CCCN=C(N)N)NC(=O)CNC(=O)CNC(=O)CNC(=O)CCCCCN2C(=O)C=CC2=O)[C@H](O)[C@H](C)O1. The minimum Gasteiger partial charge on any atom is -0.507 e. The van der Waals surface area contributed by atoms with Gasteiger partial charge in [0.25, 0.3) is 11.8 Å². The van der Waals surface area contributed by atoms with Gasteiger partial charge >= 0.3 is 0 Å². The Hall–Kier alpha value is -7.85. The normalized spacial score (nSPS) is 21.9. The number of aliphatic hydroxyl groups is 3. The highest BCUT2D eigenvalue weighted by Crippen LogP contribution is 2.52. The smallest absolute Gasteiger partial charge is 0.253 e. The van der Waals surface area contributed by atoms with Gasteiger partial charge in [0, 0.05) is 67.6 Å². The molecule has 2 heterocycles. The van der Waals surface area contributed by atoms with Crippen molar-refractivity contribution in [3.05, 3.63) is 63.7 Å². The van der Waals surface area contributed by atoms with Gasteiger partial charge in [0.05, 0.1) is 61.7 Å². The topological polar surface area (TPSA) is 427 Å². The fraction of sp³-hybridized carbons (Fsp3) is 0.490. The average Bonchev–Trinajstić information content (AvgIpc) is 3.71. The lowest BCUT2D eigenvalue weighted by atomic mass is 9.72. The molecule has 0 unspecified atom stereocenters. The van der Waals surface area contributed by atoms with E-state index in [0.717, 1.165) is 4.90 Å². The summed E-state index contributed by atoms with van der Waals surface area (Å²) in [5.74, 6) is -9.17. The lowest BCUT2D eigenvalue weighted by Gasteiger charge is -2.43. The Morgan fingerprint density at radius 2 is 1.51 bits per heavy atom. The van der Waals surface area contributed by atoms with Crippen molar-refractivity contribution >= 4 is 64.7 Å². The molecule has 0 aromatic heterocycles.